The number of hydrogen-bond donors (Lipinski definition) is 0. The van der Waals surface area contributed by atoms with Gasteiger partial charge in [-0.3, -0.25) is 4.79 Å². The zero-order valence-corrected chi connectivity index (χ0v) is 13.5. The van der Waals surface area contributed by atoms with Crippen molar-refractivity contribution < 1.29 is 4.79 Å². The second-order valence-electron chi connectivity index (χ2n) is 5.50. The van der Waals surface area contributed by atoms with Crippen LogP contribution in [0.4, 0.5) is 0 Å². The predicted molar refractivity (Wildman–Crippen MR) is 93.2 cm³/mol. The highest BCUT2D eigenvalue weighted by Gasteiger charge is 2.19. The molecular formula is C21H24O. The van der Waals surface area contributed by atoms with Gasteiger partial charge in [-0.2, -0.15) is 0 Å². The van der Waals surface area contributed by atoms with Crippen LogP contribution in [0, 0.1) is 0 Å². The number of hydrogen-bond acceptors (Lipinski definition) is 1. The Balaban J connectivity index is 2.29. The number of ketones is 1. The van der Waals surface area contributed by atoms with Crippen LogP contribution < -0.4 is 0 Å². The van der Waals surface area contributed by atoms with Gasteiger partial charge in [0.05, 0.1) is 0 Å². The normalized spacial score (nSPS) is 12.9. The monoisotopic (exact) mass is 292 g/mol. The number of benzene rings is 2. The van der Waals surface area contributed by atoms with Crippen molar-refractivity contribution in [1.82, 2.24) is 0 Å². The molecule has 1 atom stereocenters. The van der Waals surface area contributed by atoms with Crippen LogP contribution in [0.3, 0.4) is 0 Å². The summed E-state index contributed by atoms with van der Waals surface area (Å²) in [7, 11) is 0. The molecule has 0 fully saturated rings. The van der Waals surface area contributed by atoms with Crippen LogP contribution in [0.25, 0.3) is 0 Å². The van der Waals surface area contributed by atoms with Crippen LogP contribution in [-0.4, -0.2) is 5.78 Å². The lowest BCUT2D eigenvalue weighted by atomic mass is 9.84. The van der Waals surface area contributed by atoms with Gasteiger partial charge in [0.25, 0.3) is 0 Å². The van der Waals surface area contributed by atoms with Gasteiger partial charge in [0.2, 0.25) is 0 Å². The lowest BCUT2D eigenvalue weighted by Crippen LogP contribution is -2.10. The second-order valence-corrected chi connectivity index (χ2v) is 5.50. The number of carbonyl (C=O) groups is 1. The van der Waals surface area contributed by atoms with E-state index in [1.165, 1.54) is 11.1 Å². The summed E-state index contributed by atoms with van der Waals surface area (Å²) in [4.78, 5) is 12.6. The van der Waals surface area contributed by atoms with E-state index in [0.29, 0.717) is 6.42 Å². The molecule has 0 N–H and O–H groups in total. The molecule has 0 amide bonds. The molecule has 2 aromatic rings. The molecule has 0 aliphatic carbocycles. The van der Waals surface area contributed by atoms with Gasteiger partial charge in [-0.15, -0.1) is 0 Å². The van der Waals surface area contributed by atoms with E-state index in [1.807, 2.05) is 36.4 Å². The molecule has 0 aromatic heterocycles. The van der Waals surface area contributed by atoms with Crippen LogP contribution in [0.15, 0.2) is 72.3 Å². The molecule has 0 heterocycles. The third-order valence-corrected chi connectivity index (χ3v) is 4.01. The van der Waals surface area contributed by atoms with Crippen molar-refractivity contribution in [1.29, 1.82) is 0 Å². The van der Waals surface area contributed by atoms with E-state index >= 15 is 0 Å². The third-order valence-electron chi connectivity index (χ3n) is 4.01. The summed E-state index contributed by atoms with van der Waals surface area (Å²) < 4.78 is 0. The van der Waals surface area contributed by atoms with Crippen LogP contribution in [0.2, 0.25) is 0 Å². The highest BCUT2D eigenvalue weighted by atomic mass is 16.1. The summed E-state index contributed by atoms with van der Waals surface area (Å²) in [5.74, 6) is 0.392. The molecule has 2 rings (SSSR count). The predicted octanol–water partition coefficient (Wildman–Crippen LogP) is 5.79. The lowest BCUT2D eigenvalue weighted by Gasteiger charge is -2.20. The molecule has 0 aliphatic rings. The van der Waals surface area contributed by atoms with E-state index in [2.05, 4.69) is 44.2 Å². The van der Waals surface area contributed by atoms with Crippen LogP contribution >= 0.6 is 0 Å². The smallest absolute Gasteiger partial charge is 0.163 e. The van der Waals surface area contributed by atoms with Crippen molar-refractivity contribution >= 4 is 5.78 Å². The minimum absolute atomic E-state index is 0.179. The summed E-state index contributed by atoms with van der Waals surface area (Å²) >= 11 is 0. The molecule has 0 radical (unpaired) electrons. The number of carbonyl (C=O) groups excluding carboxylic acids is 1. The quantitative estimate of drug-likeness (QED) is 0.466. The standard InChI is InChI=1S/C21H24O/c1-3-11-17(4-2)20(18-12-7-5-8-13-18)16-21(22)19-14-9-6-10-15-19/h5-15,20H,3-4,16H2,1-2H3/b17-11+. The first-order valence-corrected chi connectivity index (χ1v) is 8.08. The molecule has 114 valence electrons. The maximum Gasteiger partial charge on any atom is 0.163 e. The van der Waals surface area contributed by atoms with Crippen LogP contribution in [0.5, 0.6) is 0 Å². The fourth-order valence-corrected chi connectivity index (χ4v) is 2.87. The molecule has 1 unspecified atom stereocenters. The Labute approximate surface area is 133 Å². The highest BCUT2D eigenvalue weighted by Crippen LogP contribution is 2.31. The van der Waals surface area contributed by atoms with Crippen molar-refractivity contribution in [2.75, 3.05) is 0 Å². The first-order chi connectivity index (χ1) is 10.8. The zero-order valence-electron chi connectivity index (χ0n) is 13.5. The van der Waals surface area contributed by atoms with Crippen LogP contribution in [0.1, 0.15) is 54.9 Å². The second kappa shape index (κ2) is 8.33. The number of allylic oxidation sites excluding steroid dienone is 2. The molecule has 0 saturated carbocycles. The van der Waals surface area contributed by atoms with Crippen molar-refractivity contribution in [2.45, 2.75) is 39.0 Å². The summed E-state index contributed by atoms with van der Waals surface area (Å²) in [6.07, 6.45) is 4.80. The van der Waals surface area contributed by atoms with Gasteiger partial charge in [0.1, 0.15) is 0 Å². The van der Waals surface area contributed by atoms with E-state index in [-0.39, 0.29) is 11.7 Å². The van der Waals surface area contributed by atoms with Crippen molar-refractivity contribution in [3.63, 3.8) is 0 Å². The van der Waals surface area contributed by atoms with E-state index in [1.54, 1.807) is 0 Å². The molecule has 0 spiro atoms. The first kappa shape index (κ1) is 16.2. The van der Waals surface area contributed by atoms with Crippen molar-refractivity contribution in [3.8, 4) is 0 Å². The SMILES string of the molecule is CC/C=C(\CC)C(CC(=O)c1ccccc1)c1ccccc1. The Kier molecular flexibility index (Phi) is 6.14. The molecule has 1 nitrogen and oxygen atoms in total. The van der Waals surface area contributed by atoms with Crippen molar-refractivity contribution in [3.05, 3.63) is 83.4 Å². The molecule has 0 bridgehead atoms. The molecule has 2 aromatic carbocycles. The van der Waals surface area contributed by atoms with Gasteiger partial charge in [0.15, 0.2) is 5.78 Å². The maximum atomic E-state index is 12.6. The van der Waals surface area contributed by atoms with Gasteiger partial charge in [-0.25, -0.2) is 0 Å². The Bertz CT molecular complexity index is 611. The molecule has 1 heteroatoms. The number of rotatable bonds is 7. The lowest BCUT2D eigenvalue weighted by molar-refractivity contribution is 0.0977. The van der Waals surface area contributed by atoms with Gasteiger partial charge in [0, 0.05) is 17.9 Å². The van der Waals surface area contributed by atoms with E-state index in [0.717, 1.165) is 18.4 Å². The Morgan fingerprint density at radius 3 is 2.09 bits per heavy atom. The first-order valence-electron chi connectivity index (χ1n) is 8.08. The fourth-order valence-electron chi connectivity index (χ4n) is 2.87. The minimum Gasteiger partial charge on any atom is -0.294 e. The van der Waals surface area contributed by atoms with Gasteiger partial charge in [-0.05, 0) is 18.4 Å². The zero-order chi connectivity index (χ0) is 15.8. The summed E-state index contributed by atoms with van der Waals surface area (Å²) in [5, 5.41) is 0. The highest BCUT2D eigenvalue weighted by molar-refractivity contribution is 5.96. The molecule has 0 aliphatic heterocycles. The number of Topliss-reactive ketones (excluding diaryl/α,β-unsaturated/α-hetero) is 1. The summed E-state index contributed by atoms with van der Waals surface area (Å²) in [5.41, 5.74) is 3.39. The Morgan fingerprint density at radius 1 is 0.955 bits per heavy atom. The molecular weight excluding hydrogens is 268 g/mol. The van der Waals surface area contributed by atoms with Gasteiger partial charge in [-0.1, -0.05) is 86.2 Å². The van der Waals surface area contributed by atoms with Gasteiger partial charge >= 0.3 is 0 Å². The van der Waals surface area contributed by atoms with Crippen molar-refractivity contribution in [2.24, 2.45) is 0 Å². The minimum atomic E-state index is 0.179. The molecule has 22 heavy (non-hydrogen) atoms. The largest absolute Gasteiger partial charge is 0.294 e. The topological polar surface area (TPSA) is 17.1 Å². The van der Waals surface area contributed by atoms with E-state index in [9.17, 15) is 4.79 Å². The summed E-state index contributed by atoms with van der Waals surface area (Å²) in [6, 6.07) is 20.0. The summed E-state index contributed by atoms with van der Waals surface area (Å²) in [6.45, 7) is 4.32. The average molecular weight is 292 g/mol. The fraction of sp³-hybridized carbons (Fsp3) is 0.286. The third kappa shape index (κ3) is 4.17. The van der Waals surface area contributed by atoms with Crippen LogP contribution in [-0.2, 0) is 0 Å². The Morgan fingerprint density at radius 2 is 1.55 bits per heavy atom. The van der Waals surface area contributed by atoms with Gasteiger partial charge < -0.3 is 0 Å². The molecule has 0 saturated heterocycles. The average Bonchev–Trinajstić information content (AvgIpc) is 2.59. The van der Waals surface area contributed by atoms with E-state index in [4.69, 9.17) is 0 Å². The Hall–Kier alpha value is -2.15. The van der Waals surface area contributed by atoms with E-state index < -0.39 is 0 Å². The maximum absolute atomic E-state index is 12.6.